The van der Waals surface area contributed by atoms with E-state index in [-0.39, 0.29) is 18.9 Å². The Morgan fingerprint density at radius 2 is 0.805 bits per heavy atom. The number of hydrogen-bond acceptors (Lipinski definition) is 18. The highest BCUT2D eigenvalue weighted by molar-refractivity contribution is 5.76. The Labute approximate surface area is 491 Å². The molecule has 19 nitrogen and oxygen atoms in total. The second-order valence-electron chi connectivity index (χ2n) is 22.9. The van der Waals surface area contributed by atoms with Gasteiger partial charge in [-0.15, -0.1) is 0 Å². The third-order valence-corrected chi connectivity index (χ3v) is 15.9. The molecule has 0 aromatic heterocycles. The van der Waals surface area contributed by atoms with Crippen molar-refractivity contribution in [3.63, 3.8) is 0 Å². The van der Waals surface area contributed by atoms with Gasteiger partial charge in [0.05, 0.1) is 38.6 Å². The van der Waals surface area contributed by atoms with E-state index in [1.54, 1.807) is 6.08 Å². The molecule has 0 aromatic carbocycles. The molecule has 19 heteroatoms. The van der Waals surface area contributed by atoms with Crippen LogP contribution in [-0.4, -0.2) is 193 Å². The van der Waals surface area contributed by atoms with Gasteiger partial charge in [0.25, 0.3) is 0 Å². The minimum Gasteiger partial charge on any atom is -0.394 e. The molecule has 0 spiro atoms. The fourth-order valence-electron chi connectivity index (χ4n) is 10.6. The van der Waals surface area contributed by atoms with Crippen LogP contribution >= 0.6 is 0 Å². The Bertz CT molecular complexity index is 1680. The number of amides is 1. The number of carbonyl (C=O) groups excluding carboxylic acids is 1. The van der Waals surface area contributed by atoms with Crippen LogP contribution < -0.4 is 5.32 Å². The van der Waals surface area contributed by atoms with Crippen molar-refractivity contribution in [3.8, 4) is 0 Å². The summed E-state index contributed by atoms with van der Waals surface area (Å²) < 4.78 is 34.3. The largest absolute Gasteiger partial charge is 0.394 e. The SMILES string of the molecule is CCCCCCC/C=C\C/C=C\C/C=C\CCCCCCCCCCC(=O)NC(COC1OC(CO)C(OC2OC(CO)C(OC3OC(CO)C(O)C(O)C3O)C(O)C2O)C(O)C1O)C(O)/C=C/CCCCCCCCCCCCCC. The molecular formula is C63H113NO18. The lowest BCUT2D eigenvalue weighted by atomic mass is 9.96. The average molecular weight is 1170 g/mol. The summed E-state index contributed by atoms with van der Waals surface area (Å²) in [5.74, 6) is -0.284. The Kier molecular flexibility index (Phi) is 41.5. The molecule has 3 saturated heterocycles. The second-order valence-corrected chi connectivity index (χ2v) is 22.9. The lowest BCUT2D eigenvalue weighted by Gasteiger charge is -2.48. The number of aliphatic hydroxyl groups is 11. The normalized spacial score (nSPS) is 29.9. The zero-order chi connectivity index (χ0) is 59.7. The van der Waals surface area contributed by atoms with E-state index in [1.165, 1.54) is 116 Å². The zero-order valence-corrected chi connectivity index (χ0v) is 50.0. The van der Waals surface area contributed by atoms with E-state index in [9.17, 15) is 61.0 Å². The molecule has 3 aliphatic heterocycles. The van der Waals surface area contributed by atoms with Crippen molar-refractivity contribution < 1.29 is 89.4 Å². The molecular weight excluding hydrogens is 1060 g/mol. The summed E-state index contributed by atoms with van der Waals surface area (Å²) in [5, 5.41) is 120. The zero-order valence-electron chi connectivity index (χ0n) is 50.0. The Morgan fingerprint density at radius 3 is 1.26 bits per heavy atom. The maximum atomic E-state index is 13.4. The Hall–Kier alpha value is -2.25. The third kappa shape index (κ3) is 29.0. The molecule has 478 valence electrons. The molecule has 0 radical (unpaired) electrons. The van der Waals surface area contributed by atoms with Gasteiger partial charge in [-0.3, -0.25) is 4.79 Å². The Balaban J connectivity index is 1.47. The van der Waals surface area contributed by atoms with Gasteiger partial charge in [0.1, 0.15) is 73.2 Å². The van der Waals surface area contributed by atoms with Gasteiger partial charge in [0.2, 0.25) is 5.91 Å². The first-order chi connectivity index (χ1) is 39.8. The van der Waals surface area contributed by atoms with Gasteiger partial charge in [-0.2, -0.15) is 0 Å². The van der Waals surface area contributed by atoms with Crippen molar-refractivity contribution in [1.29, 1.82) is 0 Å². The summed E-state index contributed by atoms with van der Waals surface area (Å²) in [7, 11) is 0. The number of carbonyl (C=O) groups is 1. The van der Waals surface area contributed by atoms with Crippen molar-refractivity contribution in [2.75, 3.05) is 26.4 Å². The van der Waals surface area contributed by atoms with E-state index in [0.717, 1.165) is 70.6 Å². The predicted octanol–water partition coefficient (Wildman–Crippen LogP) is 6.65. The van der Waals surface area contributed by atoms with E-state index in [4.69, 9.17) is 28.4 Å². The maximum Gasteiger partial charge on any atom is 0.220 e. The molecule has 0 saturated carbocycles. The standard InChI is InChI=1S/C63H113NO18/c1-3-5-7-9-11-13-15-17-19-20-21-22-23-24-25-26-27-29-31-33-35-37-39-41-51(69)64-46(47(68)40-38-36-34-32-30-28-18-16-14-12-10-8-6-4-2)45-77-61-57(75)54(72)59(49(43-66)79-61)82-63-58(76)55(73)60(50(44-67)80-63)81-62-56(74)53(71)52(70)48(42-65)78-62/h15,17,20-21,23-24,38,40,46-50,52-63,65-68,70-76H,3-14,16,18-19,22,25-37,39,41-45H2,1-2H3,(H,64,69)/b17-15-,21-20-,24-23-,40-38+. The highest BCUT2D eigenvalue weighted by Gasteiger charge is 2.53. The quantitative estimate of drug-likeness (QED) is 0.0224. The number of nitrogens with one attached hydrogen (secondary N) is 1. The van der Waals surface area contributed by atoms with Crippen molar-refractivity contribution in [2.24, 2.45) is 0 Å². The highest BCUT2D eigenvalue weighted by Crippen LogP contribution is 2.33. The Morgan fingerprint density at radius 1 is 0.439 bits per heavy atom. The lowest BCUT2D eigenvalue weighted by molar-refractivity contribution is -0.379. The first-order valence-electron chi connectivity index (χ1n) is 31.9. The van der Waals surface area contributed by atoms with Crippen molar-refractivity contribution in [1.82, 2.24) is 5.32 Å². The van der Waals surface area contributed by atoms with E-state index in [0.29, 0.717) is 6.42 Å². The van der Waals surface area contributed by atoms with Gasteiger partial charge in [-0.25, -0.2) is 0 Å². The predicted molar refractivity (Wildman–Crippen MR) is 314 cm³/mol. The van der Waals surface area contributed by atoms with E-state index < -0.39 is 124 Å². The molecule has 17 atom stereocenters. The van der Waals surface area contributed by atoms with Crippen LogP contribution in [0.2, 0.25) is 0 Å². The van der Waals surface area contributed by atoms with E-state index >= 15 is 0 Å². The van der Waals surface area contributed by atoms with E-state index in [2.05, 4.69) is 55.6 Å². The molecule has 3 fully saturated rings. The van der Waals surface area contributed by atoms with Crippen LogP contribution in [-0.2, 0) is 33.2 Å². The van der Waals surface area contributed by atoms with Gasteiger partial charge in [0, 0.05) is 6.42 Å². The average Bonchev–Trinajstić information content (AvgIpc) is 3.14. The lowest BCUT2D eigenvalue weighted by Crippen LogP contribution is -2.66. The van der Waals surface area contributed by atoms with Crippen LogP contribution in [0.15, 0.2) is 48.6 Å². The third-order valence-electron chi connectivity index (χ3n) is 15.9. The number of rotatable bonds is 47. The fraction of sp³-hybridized carbons (Fsp3) is 0.857. The highest BCUT2D eigenvalue weighted by atomic mass is 16.8. The smallest absolute Gasteiger partial charge is 0.220 e. The molecule has 0 aliphatic carbocycles. The summed E-state index contributed by atoms with van der Waals surface area (Å²) in [6.07, 6.45) is 25.1. The van der Waals surface area contributed by atoms with Crippen LogP contribution in [0, 0.1) is 0 Å². The summed E-state index contributed by atoms with van der Waals surface area (Å²) in [4.78, 5) is 13.4. The summed E-state index contributed by atoms with van der Waals surface area (Å²) in [5.41, 5.74) is 0. The molecule has 3 aliphatic rings. The number of unbranched alkanes of at least 4 members (excludes halogenated alkanes) is 25. The number of ether oxygens (including phenoxy) is 6. The topological polar surface area (TPSA) is 307 Å². The van der Waals surface area contributed by atoms with Crippen LogP contribution in [0.4, 0.5) is 0 Å². The van der Waals surface area contributed by atoms with Gasteiger partial charge in [-0.05, 0) is 57.8 Å². The van der Waals surface area contributed by atoms with Crippen LogP contribution in [0.25, 0.3) is 0 Å². The number of allylic oxidation sites excluding steroid dienone is 7. The summed E-state index contributed by atoms with van der Waals surface area (Å²) >= 11 is 0. The fourth-order valence-corrected chi connectivity index (χ4v) is 10.6. The molecule has 0 aromatic rings. The van der Waals surface area contributed by atoms with Crippen molar-refractivity contribution >= 4 is 5.91 Å². The second kappa shape index (κ2) is 46.0. The molecule has 3 rings (SSSR count). The minimum absolute atomic E-state index is 0.234. The first-order valence-corrected chi connectivity index (χ1v) is 31.9. The summed E-state index contributed by atoms with van der Waals surface area (Å²) in [6, 6.07) is -0.977. The summed E-state index contributed by atoms with van der Waals surface area (Å²) in [6.45, 7) is 1.70. The van der Waals surface area contributed by atoms with Crippen molar-refractivity contribution in [2.45, 2.75) is 317 Å². The van der Waals surface area contributed by atoms with Gasteiger partial charge in [-0.1, -0.05) is 197 Å². The monoisotopic (exact) mass is 1170 g/mol. The van der Waals surface area contributed by atoms with Gasteiger partial charge < -0.3 is 89.9 Å². The molecule has 3 heterocycles. The van der Waals surface area contributed by atoms with E-state index in [1.807, 2.05) is 6.08 Å². The first kappa shape index (κ1) is 74.0. The number of hydrogen-bond donors (Lipinski definition) is 12. The molecule has 12 N–H and O–H groups in total. The van der Waals surface area contributed by atoms with Gasteiger partial charge >= 0.3 is 0 Å². The number of aliphatic hydroxyl groups excluding tert-OH is 11. The van der Waals surface area contributed by atoms with Crippen LogP contribution in [0.1, 0.15) is 213 Å². The van der Waals surface area contributed by atoms with Crippen molar-refractivity contribution in [3.05, 3.63) is 48.6 Å². The molecule has 1 amide bonds. The minimum atomic E-state index is -1.98. The van der Waals surface area contributed by atoms with Gasteiger partial charge in [0.15, 0.2) is 18.9 Å². The molecule has 0 bridgehead atoms. The molecule has 82 heavy (non-hydrogen) atoms. The van der Waals surface area contributed by atoms with Crippen LogP contribution in [0.3, 0.4) is 0 Å². The van der Waals surface area contributed by atoms with Crippen LogP contribution in [0.5, 0.6) is 0 Å². The maximum absolute atomic E-state index is 13.4. The molecule has 17 unspecified atom stereocenters.